The predicted octanol–water partition coefficient (Wildman–Crippen LogP) is 1.19. The molecular weight excluding hydrogens is 142 g/mol. The van der Waals surface area contributed by atoms with E-state index in [1.165, 1.54) is 6.08 Å². The molecule has 0 aromatic heterocycles. The minimum Gasteiger partial charge on any atom is -0.462 e. The number of carbonyl (C=O) groups excluding carboxylic acids is 1. The van der Waals surface area contributed by atoms with Crippen LogP contribution in [0.2, 0.25) is 0 Å². The Morgan fingerprint density at radius 2 is 2.27 bits per heavy atom. The van der Waals surface area contributed by atoms with Crippen molar-refractivity contribution in [2.45, 2.75) is 26.7 Å². The number of ether oxygens (including phenoxy) is 1. The molecule has 0 aromatic carbocycles. The molecule has 0 aliphatic rings. The first-order valence-electron chi connectivity index (χ1n) is 3.77. The first kappa shape index (κ1) is 10.0. The standard InChI is InChI=1S/C8H15NO2/c1-3-4-5-11-8(10)6-7(2)9/h6H,3-5,9H2,1-2H3. The molecule has 0 heterocycles. The van der Waals surface area contributed by atoms with E-state index in [1.54, 1.807) is 6.92 Å². The lowest BCUT2D eigenvalue weighted by molar-refractivity contribution is -0.137. The highest BCUT2D eigenvalue weighted by Crippen LogP contribution is 1.90. The van der Waals surface area contributed by atoms with E-state index in [0.29, 0.717) is 12.3 Å². The van der Waals surface area contributed by atoms with Crippen molar-refractivity contribution in [1.29, 1.82) is 0 Å². The quantitative estimate of drug-likeness (QED) is 0.379. The fraction of sp³-hybridized carbons (Fsp3) is 0.625. The minimum absolute atomic E-state index is 0.349. The van der Waals surface area contributed by atoms with E-state index >= 15 is 0 Å². The predicted molar refractivity (Wildman–Crippen MR) is 43.8 cm³/mol. The van der Waals surface area contributed by atoms with Gasteiger partial charge in [0.05, 0.1) is 6.61 Å². The third-order valence-electron chi connectivity index (χ3n) is 1.09. The topological polar surface area (TPSA) is 52.3 Å². The number of unbranched alkanes of at least 4 members (excludes halogenated alkanes) is 1. The second-order valence-electron chi connectivity index (χ2n) is 2.41. The lowest BCUT2D eigenvalue weighted by atomic mass is 10.4. The second-order valence-corrected chi connectivity index (χ2v) is 2.41. The Labute approximate surface area is 67.2 Å². The summed E-state index contributed by atoms with van der Waals surface area (Å²) >= 11 is 0. The minimum atomic E-state index is -0.349. The van der Waals surface area contributed by atoms with E-state index in [0.717, 1.165) is 12.8 Å². The van der Waals surface area contributed by atoms with Crippen molar-refractivity contribution in [3.63, 3.8) is 0 Å². The van der Waals surface area contributed by atoms with E-state index in [9.17, 15) is 4.79 Å². The molecule has 0 fully saturated rings. The van der Waals surface area contributed by atoms with Gasteiger partial charge in [-0.25, -0.2) is 4.79 Å². The van der Waals surface area contributed by atoms with Gasteiger partial charge in [-0.1, -0.05) is 13.3 Å². The maximum absolute atomic E-state index is 10.7. The van der Waals surface area contributed by atoms with Crippen molar-refractivity contribution < 1.29 is 9.53 Å². The van der Waals surface area contributed by atoms with Crippen LogP contribution in [-0.2, 0) is 9.53 Å². The molecule has 0 aromatic rings. The molecule has 0 atom stereocenters. The molecule has 3 nitrogen and oxygen atoms in total. The van der Waals surface area contributed by atoms with Gasteiger partial charge in [0, 0.05) is 11.8 Å². The lowest BCUT2D eigenvalue weighted by Crippen LogP contribution is -2.05. The van der Waals surface area contributed by atoms with Crippen molar-refractivity contribution in [2.75, 3.05) is 6.61 Å². The highest BCUT2D eigenvalue weighted by Gasteiger charge is 1.95. The van der Waals surface area contributed by atoms with Crippen LogP contribution in [0, 0.1) is 0 Å². The molecule has 0 radical (unpaired) electrons. The molecule has 3 heteroatoms. The Balaban J connectivity index is 3.46. The van der Waals surface area contributed by atoms with Crippen molar-refractivity contribution in [3.8, 4) is 0 Å². The summed E-state index contributed by atoms with van der Waals surface area (Å²) in [6, 6.07) is 0. The molecule has 0 rings (SSSR count). The van der Waals surface area contributed by atoms with Crippen LogP contribution in [0.4, 0.5) is 0 Å². The molecule has 0 unspecified atom stereocenters. The molecule has 0 amide bonds. The average Bonchev–Trinajstić information content (AvgIpc) is 1.86. The molecule has 0 spiro atoms. The molecule has 0 saturated carbocycles. The zero-order chi connectivity index (χ0) is 8.69. The van der Waals surface area contributed by atoms with E-state index in [1.807, 2.05) is 6.92 Å². The van der Waals surface area contributed by atoms with Crippen molar-refractivity contribution in [2.24, 2.45) is 5.73 Å². The fourth-order valence-electron chi connectivity index (χ4n) is 0.545. The first-order chi connectivity index (χ1) is 5.16. The number of nitrogens with two attached hydrogens (primary N) is 1. The summed E-state index contributed by atoms with van der Waals surface area (Å²) < 4.78 is 4.80. The van der Waals surface area contributed by atoms with E-state index in [4.69, 9.17) is 10.5 Å². The van der Waals surface area contributed by atoms with Crippen LogP contribution < -0.4 is 5.73 Å². The molecule has 0 aliphatic heterocycles. The summed E-state index contributed by atoms with van der Waals surface area (Å²) in [5.41, 5.74) is 5.74. The van der Waals surface area contributed by atoms with Crippen LogP contribution in [0.25, 0.3) is 0 Å². The number of carbonyl (C=O) groups is 1. The van der Waals surface area contributed by atoms with Crippen LogP contribution >= 0.6 is 0 Å². The maximum Gasteiger partial charge on any atom is 0.332 e. The maximum atomic E-state index is 10.7. The van der Waals surface area contributed by atoms with Crippen LogP contribution in [0.15, 0.2) is 11.8 Å². The van der Waals surface area contributed by atoms with Gasteiger partial charge in [0.1, 0.15) is 0 Å². The van der Waals surface area contributed by atoms with Crippen molar-refractivity contribution in [3.05, 3.63) is 11.8 Å². The largest absolute Gasteiger partial charge is 0.462 e. The Morgan fingerprint density at radius 1 is 1.64 bits per heavy atom. The molecule has 64 valence electrons. The number of allylic oxidation sites excluding steroid dienone is 1. The van der Waals surface area contributed by atoms with Crippen LogP contribution in [-0.4, -0.2) is 12.6 Å². The van der Waals surface area contributed by atoms with E-state index in [-0.39, 0.29) is 5.97 Å². The molecule has 0 aliphatic carbocycles. The van der Waals surface area contributed by atoms with Gasteiger partial charge in [-0.15, -0.1) is 0 Å². The Bertz CT molecular complexity index is 148. The van der Waals surface area contributed by atoms with Gasteiger partial charge >= 0.3 is 5.97 Å². The molecule has 11 heavy (non-hydrogen) atoms. The van der Waals surface area contributed by atoms with Gasteiger partial charge in [-0.3, -0.25) is 0 Å². The van der Waals surface area contributed by atoms with E-state index in [2.05, 4.69) is 0 Å². The second kappa shape index (κ2) is 5.77. The van der Waals surface area contributed by atoms with Gasteiger partial charge in [0.15, 0.2) is 0 Å². The van der Waals surface area contributed by atoms with Gasteiger partial charge in [-0.05, 0) is 13.3 Å². The number of hydrogen-bond acceptors (Lipinski definition) is 3. The SMILES string of the molecule is CCCCOC(=O)C=C(C)N. The Hall–Kier alpha value is -0.990. The summed E-state index contributed by atoms with van der Waals surface area (Å²) in [6.45, 7) is 4.18. The third kappa shape index (κ3) is 6.90. The zero-order valence-electron chi connectivity index (χ0n) is 7.09. The molecule has 0 bridgehead atoms. The summed E-state index contributed by atoms with van der Waals surface area (Å²) in [4.78, 5) is 10.7. The Kier molecular flexibility index (Phi) is 5.25. The summed E-state index contributed by atoms with van der Waals surface area (Å²) in [7, 11) is 0. The zero-order valence-corrected chi connectivity index (χ0v) is 7.09. The van der Waals surface area contributed by atoms with Gasteiger partial charge in [0.2, 0.25) is 0 Å². The van der Waals surface area contributed by atoms with E-state index < -0.39 is 0 Å². The summed E-state index contributed by atoms with van der Waals surface area (Å²) in [6.07, 6.45) is 3.22. The lowest BCUT2D eigenvalue weighted by Gasteiger charge is -1.99. The van der Waals surface area contributed by atoms with Crippen LogP contribution in [0.1, 0.15) is 26.7 Å². The smallest absolute Gasteiger partial charge is 0.332 e. The van der Waals surface area contributed by atoms with Crippen LogP contribution in [0.5, 0.6) is 0 Å². The molecule has 2 N–H and O–H groups in total. The first-order valence-corrected chi connectivity index (χ1v) is 3.77. The number of esters is 1. The van der Waals surface area contributed by atoms with Crippen molar-refractivity contribution in [1.82, 2.24) is 0 Å². The van der Waals surface area contributed by atoms with Crippen molar-refractivity contribution >= 4 is 5.97 Å². The highest BCUT2D eigenvalue weighted by molar-refractivity contribution is 5.82. The monoisotopic (exact) mass is 157 g/mol. The van der Waals surface area contributed by atoms with Gasteiger partial charge in [0.25, 0.3) is 0 Å². The fourth-order valence-corrected chi connectivity index (χ4v) is 0.545. The number of rotatable bonds is 4. The Morgan fingerprint density at radius 3 is 2.73 bits per heavy atom. The molecule has 0 saturated heterocycles. The molecular formula is C8H15NO2. The number of hydrogen-bond donors (Lipinski definition) is 1. The average molecular weight is 157 g/mol. The third-order valence-corrected chi connectivity index (χ3v) is 1.09. The summed E-state index contributed by atoms with van der Waals surface area (Å²) in [5.74, 6) is -0.349. The van der Waals surface area contributed by atoms with Gasteiger partial charge < -0.3 is 10.5 Å². The van der Waals surface area contributed by atoms with Crippen LogP contribution in [0.3, 0.4) is 0 Å². The summed E-state index contributed by atoms with van der Waals surface area (Å²) in [5, 5.41) is 0. The van der Waals surface area contributed by atoms with Gasteiger partial charge in [-0.2, -0.15) is 0 Å². The normalized spacial score (nSPS) is 11.3. The highest BCUT2D eigenvalue weighted by atomic mass is 16.5.